The summed E-state index contributed by atoms with van der Waals surface area (Å²) in [6.07, 6.45) is 0. The molecular formula is C11H11N3O4. The Bertz CT molecular complexity index is 657. The van der Waals surface area contributed by atoms with Crippen LogP contribution in [0.5, 0.6) is 5.75 Å². The van der Waals surface area contributed by atoms with Gasteiger partial charge >= 0.3 is 11.7 Å². The summed E-state index contributed by atoms with van der Waals surface area (Å²) in [5.74, 6) is -1.11. The molecule has 0 saturated heterocycles. The molecule has 1 aromatic carbocycles. The van der Waals surface area contributed by atoms with Crippen molar-refractivity contribution >= 4 is 11.8 Å². The second kappa shape index (κ2) is 4.28. The quantitative estimate of drug-likeness (QED) is 0.731. The number of para-hydroxylation sites is 2. The van der Waals surface area contributed by atoms with Crippen molar-refractivity contribution in [3.05, 3.63) is 40.4 Å². The van der Waals surface area contributed by atoms with Gasteiger partial charge in [-0.05, 0) is 12.1 Å². The van der Waals surface area contributed by atoms with Crippen molar-refractivity contribution in [3.63, 3.8) is 0 Å². The average Bonchev–Trinajstić information content (AvgIpc) is 2.64. The van der Waals surface area contributed by atoms with Crippen LogP contribution >= 0.6 is 0 Å². The maximum Gasteiger partial charge on any atom is 0.356 e. The molecule has 0 atom stereocenters. The number of hydrogen-bond acceptors (Lipinski definition) is 4. The maximum atomic E-state index is 11.7. The van der Waals surface area contributed by atoms with E-state index in [0.29, 0.717) is 11.4 Å². The number of rotatable bonds is 3. The molecule has 0 aliphatic heterocycles. The molecule has 0 unspecified atom stereocenters. The highest BCUT2D eigenvalue weighted by Crippen LogP contribution is 2.23. The topological polar surface area (TPSA) is 110 Å². The van der Waals surface area contributed by atoms with Crippen LogP contribution in [0.2, 0.25) is 0 Å². The van der Waals surface area contributed by atoms with E-state index in [9.17, 15) is 9.59 Å². The van der Waals surface area contributed by atoms with Gasteiger partial charge in [-0.15, -0.1) is 0 Å². The van der Waals surface area contributed by atoms with E-state index in [-0.39, 0.29) is 11.5 Å². The van der Waals surface area contributed by atoms with E-state index in [1.807, 2.05) is 0 Å². The predicted octanol–water partition coefficient (Wildman–Crippen LogP) is 0.455. The molecule has 94 valence electrons. The minimum atomic E-state index is -1.29. The van der Waals surface area contributed by atoms with Crippen LogP contribution in [-0.2, 0) is 0 Å². The SMILES string of the molecule is COc1ccccc1-n1c(C(=O)O)c(N)[nH]c1=O. The summed E-state index contributed by atoms with van der Waals surface area (Å²) in [5.41, 5.74) is 4.84. The molecule has 1 heterocycles. The number of carbonyl (C=O) groups is 1. The van der Waals surface area contributed by atoms with Crippen molar-refractivity contribution in [2.45, 2.75) is 0 Å². The second-order valence-corrected chi connectivity index (χ2v) is 3.50. The van der Waals surface area contributed by atoms with E-state index in [1.165, 1.54) is 7.11 Å². The lowest BCUT2D eigenvalue weighted by Crippen LogP contribution is -2.19. The standard InChI is InChI=1S/C11H11N3O4/c1-18-7-5-3-2-4-6(7)14-8(10(15)16)9(12)13-11(14)17/h2-5H,12H2,1H3,(H,13,17)(H,15,16). The van der Waals surface area contributed by atoms with Gasteiger partial charge in [0.25, 0.3) is 0 Å². The molecule has 2 rings (SSSR count). The van der Waals surface area contributed by atoms with Crippen LogP contribution < -0.4 is 16.2 Å². The number of nitrogens with one attached hydrogen (secondary N) is 1. The van der Waals surface area contributed by atoms with Gasteiger partial charge in [0, 0.05) is 0 Å². The van der Waals surface area contributed by atoms with Crippen LogP contribution in [0.4, 0.5) is 5.82 Å². The van der Waals surface area contributed by atoms with Gasteiger partial charge in [-0.25, -0.2) is 14.2 Å². The van der Waals surface area contributed by atoms with E-state index >= 15 is 0 Å². The van der Waals surface area contributed by atoms with Gasteiger partial charge in [-0.2, -0.15) is 0 Å². The summed E-state index contributed by atoms with van der Waals surface area (Å²) in [5, 5.41) is 9.08. The summed E-state index contributed by atoms with van der Waals surface area (Å²) in [6.45, 7) is 0. The number of hydrogen-bond donors (Lipinski definition) is 3. The Balaban J connectivity index is 2.79. The van der Waals surface area contributed by atoms with Gasteiger partial charge < -0.3 is 15.6 Å². The first kappa shape index (κ1) is 11.8. The summed E-state index contributed by atoms with van der Waals surface area (Å²) in [4.78, 5) is 25.1. The number of ether oxygens (including phenoxy) is 1. The first-order valence-electron chi connectivity index (χ1n) is 5.03. The Labute approximate surface area is 101 Å². The van der Waals surface area contributed by atoms with Crippen molar-refractivity contribution in [1.82, 2.24) is 9.55 Å². The van der Waals surface area contributed by atoms with Crippen LogP contribution in [0, 0.1) is 0 Å². The summed E-state index contributed by atoms with van der Waals surface area (Å²) < 4.78 is 6.06. The summed E-state index contributed by atoms with van der Waals surface area (Å²) in [6, 6.07) is 6.57. The largest absolute Gasteiger partial charge is 0.495 e. The fourth-order valence-corrected chi connectivity index (χ4v) is 1.71. The van der Waals surface area contributed by atoms with Crippen molar-refractivity contribution in [2.75, 3.05) is 12.8 Å². The van der Waals surface area contributed by atoms with Crippen molar-refractivity contribution in [1.29, 1.82) is 0 Å². The monoisotopic (exact) mass is 249 g/mol. The normalized spacial score (nSPS) is 10.3. The lowest BCUT2D eigenvalue weighted by atomic mass is 10.2. The maximum absolute atomic E-state index is 11.7. The van der Waals surface area contributed by atoms with E-state index in [1.54, 1.807) is 24.3 Å². The molecule has 2 aromatic rings. The third-order valence-electron chi connectivity index (χ3n) is 2.45. The highest BCUT2D eigenvalue weighted by molar-refractivity contribution is 5.91. The van der Waals surface area contributed by atoms with E-state index < -0.39 is 11.7 Å². The Morgan fingerprint density at radius 1 is 1.44 bits per heavy atom. The smallest absolute Gasteiger partial charge is 0.356 e. The van der Waals surface area contributed by atoms with Gasteiger partial charge in [0.1, 0.15) is 11.6 Å². The fraction of sp³-hybridized carbons (Fsp3) is 0.0909. The molecule has 0 amide bonds. The molecule has 0 saturated carbocycles. The Hall–Kier alpha value is -2.70. The molecule has 1 aromatic heterocycles. The van der Waals surface area contributed by atoms with Crippen molar-refractivity contribution in [2.24, 2.45) is 0 Å². The number of anilines is 1. The van der Waals surface area contributed by atoms with Crippen molar-refractivity contribution in [3.8, 4) is 11.4 Å². The lowest BCUT2D eigenvalue weighted by Gasteiger charge is -2.09. The fourth-order valence-electron chi connectivity index (χ4n) is 1.71. The van der Waals surface area contributed by atoms with E-state index in [0.717, 1.165) is 4.57 Å². The number of aromatic carboxylic acids is 1. The van der Waals surface area contributed by atoms with E-state index in [2.05, 4.69) is 4.98 Å². The van der Waals surface area contributed by atoms with Crippen LogP contribution in [0.1, 0.15) is 10.5 Å². The van der Waals surface area contributed by atoms with Gasteiger partial charge in [-0.1, -0.05) is 12.1 Å². The molecule has 0 radical (unpaired) electrons. The number of methoxy groups -OCH3 is 1. The molecule has 0 aliphatic carbocycles. The van der Waals surface area contributed by atoms with Crippen LogP contribution in [-0.4, -0.2) is 27.7 Å². The molecule has 4 N–H and O–H groups in total. The number of benzene rings is 1. The number of carboxylic acids is 1. The third kappa shape index (κ3) is 1.71. The number of nitrogens with zero attached hydrogens (tertiary/aromatic N) is 1. The van der Waals surface area contributed by atoms with Gasteiger partial charge in [0.2, 0.25) is 0 Å². The zero-order valence-electron chi connectivity index (χ0n) is 9.51. The molecule has 7 heteroatoms. The lowest BCUT2D eigenvalue weighted by molar-refractivity contribution is 0.0689. The number of aromatic nitrogens is 2. The van der Waals surface area contributed by atoms with Gasteiger partial charge in [0.05, 0.1) is 12.8 Å². The van der Waals surface area contributed by atoms with Crippen molar-refractivity contribution < 1.29 is 14.6 Å². The second-order valence-electron chi connectivity index (χ2n) is 3.50. The number of nitrogen functional groups attached to an aromatic ring is 1. The predicted molar refractivity (Wildman–Crippen MR) is 64.3 cm³/mol. The Morgan fingerprint density at radius 3 is 2.72 bits per heavy atom. The number of imidazole rings is 1. The zero-order valence-corrected chi connectivity index (χ0v) is 9.51. The summed E-state index contributed by atoms with van der Waals surface area (Å²) in [7, 11) is 1.43. The zero-order chi connectivity index (χ0) is 13.3. The van der Waals surface area contributed by atoms with Crippen LogP contribution in [0.25, 0.3) is 5.69 Å². The Kier molecular flexibility index (Phi) is 2.80. The first-order chi connectivity index (χ1) is 8.56. The minimum Gasteiger partial charge on any atom is -0.495 e. The molecule has 18 heavy (non-hydrogen) atoms. The molecule has 0 bridgehead atoms. The molecule has 0 fully saturated rings. The number of H-pyrrole nitrogens is 1. The number of carboxylic acid groups (broad SMARTS) is 1. The van der Waals surface area contributed by atoms with Crippen LogP contribution in [0.3, 0.4) is 0 Å². The summed E-state index contributed by atoms with van der Waals surface area (Å²) >= 11 is 0. The first-order valence-corrected chi connectivity index (χ1v) is 5.03. The average molecular weight is 249 g/mol. The van der Waals surface area contributed by atoms with Crippen LogP contribution in [0.15, 0.2) is 29.1 Å². The van der Waals surface area contributed by atoms with Gasteiger partial charge in [0.15, 0.2) is 5.69 Å². The highest BCUT2D eigenvalue weighted by Gasteiger charge is 2.21. The van der Waals surface area contributed by atoms with Gasteiger partial charge in [-0.3, -0.25) is 4.98 Å². The number of aromatic amines is 1. The molecule has 0 aliphatic rings. The van der Waals surface area contributed by atoms with E-state index in [4.69, 9.17) is 15.6 Å². The number of nitrogens with two attached hydrogens (primary N) is 1. The molecule has 7 nitrogen and oxygen atoms in total. The Morgan fingerprint density at radius 2 is 2.11 bits per heavy atom. The molecular weight excluding hydrogens is 238 g/mol. The molecule has 0 spiro atoms. The highest BCUT2D eigenvalue weighted by atomic mass is 16.5. The third-order valence-corrected chi connectivity index (χ3v) is 2.45. The minimum absolute atomic E-state index is 0.196.